The molecule has 0 radical (unpaired) electrons. The van der Waals surface area contributed by atoms with Gasteiger partial charge in [-0.05, 0) is 12.5 Å². The van der Waals surface area contributed by atoms with Crippen molar-refractivity contribution < 1.29 is 27.8 Å². The van der Waals surface area contributed by atoms with E-state index >= 15 is 0 Å². The first kappa shape index (κ1) is 20.8. The van der Waals surface area contributed by atoms with Gasteiger partial charge in [0.25, 0.3) is 0 Å². The molecule has 1 saturated heterocycles. The molecule has 0 saturated carbocycles. The second-order valence-electron chi connectivity index (χ2n) is 6.93. The molecule has 0 N–H and O–H groups in total. The maximum Gasteiger partial charge on any atom is 0.311 e. The maximum atomic E-state index is 14.7. The van der Waals surface area contributed by atoms with E-state index in [1.165, 1.54) is 12.0 Å². The first-order chi connectivity index (χ1) is 13.9. The van der Waals surface area contributed by atoms with Crippen molar-refractivity contribution in [3.05, 3.63) is 65.2 Å². The van der Waals surface area contributed by atoms with Crippen LogP contribution in [0.4, 0.5) is 8.78 Å². The zero-order valence-electron chi connectivity index (χ0n) is 16.4. The van der Waals surface area contributed by atoms with E-state index in [0.717, 1.165) is 17.7 Å². The summed E-state index contributed by atoms with van der Waals surface area (Å²) in [4.78, 5) is 26.9. The van der Waals surface area contributed by atoms with Gasteiger partial charge in [-0.3, -0.25) is 9.59 Å². The van der Waals surface area contributed by atoms with Gasteiger partial charge >= 0.3 is 5.97 Å². The summed E-state index contributed by atoms with van der Waals surface area (Å²) in [5.41, 5.74) is 0.625. The molecule has 1 amide bonds. The lowest BCUT2D eigenvalue weighted by Crippen LogP contribution is -2.46. The molecule has 0 aliphatic carbocycles. The Bertz CT molecular complexity index is 865. The van der Waals surface area contributed by atoms with Crippen molar-refractivity contribution in [1.82, 2.24) is 4.90 Å². The first-order valence-electron chi connectivity index (χ1n) is 9.45. The Balaban J connectivity index is 1.93. The summed E-state index contributed by atoms with van der Waals surface area (Å²) >= 11 is 0. The number of halogens is 2. The third-order valence-electron chi connectivity index (χ3n) is 5.11. The van der Waals surface area contributed by atoms with E-state index in [1.807, 2.05) is 30.3 Å². The number of amides is 1. The van der Waals surface area contributed by atoms with E-state index in [2.05, 4.69) is 0 Å². The Morgan fingerprint density at radius 2 is 1.83 bits per heavy atom. The standard InChI is InChI=1S/C22H23F2NO4/c1-3-29-22(27)17-13-25(12-14-7-5-4-6-8-14)20(26)11-16(17)21-18(23)9-15(28-2)10-19(21)24/h4-10,16-17H,3,11-13H2,1-2H3/t16-,17-/m1/s1. The van der Waals surface area contributed by atoms with Gasteiger partial charge in [0.15, 0.2) is 0 Å². The van der Waals surface area contributed by atoms with Gasteiger partial charge in [0.2, 0.25) is 5.91 Å². The molecule has 1 fully saturated rings. The summed E-state index contributed by atoms with van der Waals surface area (Å²) in [5, 5.41) is 0. The average molecular weight is 403 g/mol. The average Bonchev–Trinajstić information content (AvgIpc) is 2.70. The minimum atomic E-state index is -0.945. The lowest BCUT2D eigenvalue weighted by Gasteiger charge is -2.37. The number of hydrogen-bond donors (Lipinski definition) is 0. The Morgan fingerprint density at radius 3 is 2.41 bits per heavy atom. The SMILES string of the molecule is CCOC(=O)[C@@H]1CN(Cc2ccccc2)C(=O)C[C@H]1c1c(F)cc(OC)cc1F. The van der Waals surface area contributed by atoms with Crippen LogP contribution in [0.3, 0.4) is 0 Å². The van der Waals surface area contributed by atoms with E-state index in [4.69, 9.17) is 9.47 Å². The Hall–Kier alpha value is -2.96. The molecule has 0 unspecified atom stereocenters. The van der Waals surface area contributed by atoms with Crippen molar-refractivity contribution in [3.63, 3.8) is 0 Å². The number of nitrogens with zero attached hydrogens (tertiary/aromatic N) is 1. The van der Waals surface area contributed by atoms with Crippen LogP contribution in [0.2, 0.25) is 0 Å². The summed E-state index contributed by atoms with van der Waals surface area (Å²) in [6.07, 6.45) is -0.184. The minimum Gasteiger partial charge on any atom is -0.497 e. The topological polar surface area (TPSA) is 55.8 Å². The van der Waals surface area contributed by atoms with Crippen LogP contribution in [-0.4, -0.2) is 37.0 Å². The van der Waals surface area contributed by atoms with Crippen LogP contribution in [0.5, 0.6) is 5.75 Å². The van der Waals surface area contributed by atoms with Gasteiger partial charge < -0.3 is 14.4 Å². The van der Waals surface area contributed by atoms with Gasteiger partial charge in [-0.2, -0.15) is 0 Å². The van der Waals surface area contributed by atoms with Crippen LogP contribution < -0.4 is 4.74 Å². The van der Waals surface area contributed by atoms with E-state index < -0.39 is 29.4 Å². The summed E-state index contributed by atoms with van der Waals surface area (Å²) in [6, 6.07) is 11.5. The molecule has 1 aliphatic heterocycles. The minimum absolute atomic E-state index is 0.0299. The highest BCUT2D eigenvalue weighted by atomic mass is 19.1. The molecule has 3 rings (SSSR count). The molecule has 7 heteroatoms. The van der Waals surface area contributed by atoms with Crippen LogP contribution in [0, 0.1) is 17.6 Å². The third-order valence-corrected chi connectivity index (χ3v) is 5.11. The Morgan fingerprint density at radius 1 is 1.17 bits per heavy atom. The van der Waals surface area contributed by atoms with Gasteiger partial charge in [0.05, 0.1) is 19.6 Å². The van der Waals surface area contributed by atoms with Crippen molar-refractivity contribution >= 4 is 11.9 Å². The molecular formula is C22H23F2NO4. The molecule has 1 heterocycles. The molecule has 2 aromatic rings. The molecule has 154 valence electrons. The monoisotopic (exact) mass is 403 g/mol. The number of hydrogen-bond acceptors (Lipinski definition) is 4. The Kier molecular flexibility index (Phi) is 6.46. The van der Waals surface area contributed by atoms with Crippen LogP contribution >= 0.6 is 0 Å². The van der Waals surface area contributed by atoms with E-state index in [-0.39, 0.29) is 36.8 Å². The summed E-state index contributed by atoms with van der Waals surface area (Å²) in [5.74, 6) is -4.31. The maximum absolute atomic E-state index is 14.7. The van der Waals surface area contributed by atoms with Gasteiger partial charge in [-0.1, -0.05) is 30.3 Å². The quantitative estimate of drug-likeness (QED) is 0.691. The number of rotatable bonds is 6. The second kappa shape index (κ2) is 9.03. The summed E-state index contributed by atoms with van der Waals surface area (Å²) < 4.78 is 39.4. The fraction of sp³-hybridized carbons (Fsp3) is 0.364. The van der Waals surface area contributed by atoms with Crippen molar-refractivity contribution in [2.45, 2.75) is 25.8 Å². The molecule has 2 atom stereocenters. The second-order valence-corrected chi connectivity index (χ2v) is 6.93. The van der Waals surface area contributed by atoms with Crippen molar-refractivity contribution in [2.24, 2.45) is 5.92 Å². The number of ether oxygens (including phenoxy) is 2. The van der Waals surface area contributed by atoms with Crippen molar-refractivity contribution in [1.29, 1.82) is 0 Å². The number of likely N-dealkylation sites (tertiary alicyclic amines) is 1. The largest absolute Gasteiger partial charge is 0.497 e. The lowest BCUT2D eigenvalue weighted by molar-refractivity contribution is -0.154. The summed E-state index contributed by atoms with van der Waals surface area (Å²) in [6.45, 7) is 2.15. The van der Waals surface area contributed by atoms with Crippen LogP contribution in [0.15, 0.2) is 42.5 Å². The highest BCUT2D eigenvalue weighted by Crippen LogP contribution is 2.39. The number of piperidine rings is 1. The zero-order valence-corrected chi connectivity index (χ0v) is 16.4. The number of carbonyl (C=O) groups excluding carboxylic acids is 2. The first-order valence-corrected chi connectivity index (χ1v) is 9.45. The molecular weight excluding hydrogens is 380 g/mol. The Labute approximate surface area is 168 Å². The predicted molar refractivity (Wildman–Crippen MR) is 102 cm³/mol. The molecule has 0 bridgehead atoms. The third kappa shape index (κ3) is 4.55. The predicted octanol–water partition coefficient (Wildman–Crippen LogP) is 3.67. The molecule has 5 nitrogen and oxygen atoms in total. The summed E-state index contributed by atoms with van der Waals surface area (Å²) in [7, 11) is 1.31. The van der Waals surface area contributed by atoms with E-state index in [0.29, 0.717) is 6.54 Å². The van der Waals surface area contributed by atoms with Gasteiger partial charge in [-0.25, -0.2) is 8.78 Å². The van der Waals surface area contributed by atoms with E-state index in [1.54, 1.807) is 6.92 Å². The molecule has 29 heavy (non-hydrogen) atoms. The molecule has 2 aromatic carbocycles. The molecule has 0 spiro atoms. The van der Waals surface area contributed by atoms with Crippen molar-refractivity contribution in [2.75, 3.05) is 20.3 Å². The molecule has 1 aliphatic rings. The number of benzene rings is 2. The number of esters is 1. The molecule has 0 aromatic heterocycles. The van der Waals surface area contributed by atoms with E-state index in [9.17, 15) is 18.4 Å². The normalized spacial score (nSPS) is 19.2. The lowest BCUT2D eigenvalue weighted by atomic mass is 9.79. The zero-order chi connectivity index (χ0) is 21.0. The van der Waals surface area contributed by atoms with Crippen molar-refractivity contribution in [3.8, 4) is 5.75 Å². The highest BCUT2D eigenvalue weighted by Gasteiger charge is 2.42. The number of carbonyl (C=O) groups is 2. The van der Waals surface area contributed by atoms with Crippen LogP contribution in [-0.2, 0) is 20.9 Å². The van der Waals surface area contributed by atoms with Gasteiger partial charge in [0, 0.05) is 43.1 Å². The smallest absolute Gasteiger partial charge is 0.311 e. The fourth-order valence-electron chi connectivity index (χ4n) is 3.71. The fourth-order valence-corrected chi connectivity index (χ4v) is 3.71. The van der Waals surface area contributed by atoms with Crippen LogP contribution in [0.1, 0.15) is 30.4 Å². The van der Waals surface area contributed by atoms with Crippen LogP contribution in [0.25, 0.3) is 0 Å². The van der Waals surface area contributed by atoms with Gasteiger partial charge in [0.1, 0.15) is 17.4 Å². The highest BCUT2D eigenvalue weighted by molar-refractivity contribution is 5.83. The number of methoxy groups -OCH3 is 1. The van der Waals surface area contributed by atoms with Gasteiger partial charge in [-0.15, -0.1) is 0 Å².